The van der Waals surface area contributed by atoms with E-state index in [2.05, 4.69) is 15.6 Å². The summed E-state index contributed by atoms with van der Waals surface area (Å²) in [6.45, 7) is 3.85. The van der Waals surface area contributed by atoms with E-state index in [1.165, 1.54) is 0 Å². The number of nitrogens with one attached hydrogen (secondary N) is 2. The van der Waals surface area contributed by atoms with Crippen molar-refractivity contribution in [2.24, 2.45) is 10.9 Å². The molecule has 2 heterocycles. The molecule has 1 amide bonds. The van der Waals surface area contributed by atoms with Crippen LogP contribution in [0.15, 0.2) is 29.3 Å². The van der Waals surface area contributed by atoms with Crippen molar-refractivity contribution in [3.05, 3.63) is 29.8 Å². The average molecular weight is 316 g/mol. The van der Waals surface area contributed by atoms with Crippen molar-refractivity contribution in [3.8, 4) is 0 Å². The number of aliphatic imine (C=N–C) groups is 1. The Morgan fingerprint density at radius 3 is 3.04 bits per heavy atom. The largest absolute Gasteiger partial charge is 0.381 e. The van der Waals surface area contributed by atoms with Gasteiger partial charge in [0.2, 0.25) is 5.91 Å². The molecule has 1 atom stereocenters. The zero-order valence-electron chi connectivity index (χ0n) is 13.5. The molecule has 0 saturated carbocycles. The average Bonchev–Trinajstić information content (AvgIpc) is 3.18. The van der Waals surface area contributed by atoms with Gasteiger partial charge in [0.25, 0.3) is 0 Å². The quantitative estimate of drug-likeness (QED) is 0.622. The van der Waals surface area contributed by atoms with Gasteiger partial charge < -0.3 is 20.3 Å². The highest BCUT2D eigenvalue weighted by atomic mass is 16.5. The van der Waals surface area contributed by atoms with E-state index in [9.17, 15) is 4.79 Å². The highest BCUT2D eigenvalue weighted by molar-refractivity contribution is 6.01. The molecule has 0 bridgehead atoms. The highest BCUT2D eigenvalue weighted by Crippen LogP contribution is 2.27. The molecular formula is C17H24N4O2. The lowest BCUT2D eigenvalue weighted by Gasteiger charge is -2.19. The number of rotatable bonds is 5. The van der Waals surface area contributed by atoms with Gasteiger partial charge in [0, 0.05) is 44.9 Å². The molecule has 1 unspecified atom stereocenters. The molecule has 6 heteroatoms. The van der Waals surface area contributed by atoms with Crippen LogP contribution in [0.3, 0.4) is 0 Å². The number of guanidine groups is 1. The van der Waals surface area contributed by atoms with Gasteiger partial charge in [-0.05, 0) is 18.1 Å². The van der Waals surface area contributed by atoms with Crippen molar-refractivity contribution in [3.63, 3.8) is 0 Å². The lowest BCUT2D eigenvalue weighted by molar-refractivity contribution is -0.117. The molecule has 1 fully saturated rings. The number of para-hydroxylation sites is 1. The number of ether oxygens (including phenoxy) is 1. The topological polar surface area (TPSA) is 66.0 Å². The summed E-state index contributed by atoms with van der Waals surface area (Å²) >= 11 is 0. The minimum absolute atomic E-state index is 0.166. The molecule has 23 heavy (non-hydrogen) atoms. The maximum atomic E-state index is 12.1. The molecule has 0 radical (unpaired) electrons. The molecule has 6 nitrogen and oxygen atoms in total. The third-order valence-electron chi connectivity index (χ3n) is 4.36. The van der Waals surface area contributed by atoms with Crippen LogP contribution in [-0.2, 0) is 16.0 Å². The van der Waals surface area contributed by atoms with Gasteiger partial charge in [-0.15, -0.1) is 0 Å². The number of hydrogen-bond donors (Lipinski definition) is 2. The summed E-state index contributed by atoms with van der Waals surface area (Å²) in [5.74, 6) is 1.50. The first-order valence-corrected chi connectivity index (χ1v) is 8.18. The Hall–Kier alpha value is -2.08. The van der Waals surface area contributed by atoms with Crippen molar-refractivity contribution < 1.29 is 9.53 Å². The van der Waals surface area contributed by atoms with Crippen LogP contribution < -0.4 is 15.5 Å². The fourth-order valence-electron chi connectivity index (χ4n) is 3.05. The van der Waals surface area contributed by atoms with E-state index in [0.29, 0.717) is 25.4 Å². The van der Waals surface area contributed by atoms with Gasteiger partial charge in [0.1, 0.15) is 0 Å². The Labute approximate surface area is 136 Å². The Bertz CT molecular complexity index is 582. The van der Waals surface area contributed by atoms with E-state index < -0.39 is 0 Å². The second-order valence-corrected chi connectivity index (χ2v) is 5.96. The van der Waals surface area contributed by atoms with Crippen molar-refractivity contribution in [2.75, 3.05) is 44.8 Å². The van der Waals surface area contributed by atoms with Gasteiger partial charge in [0.15, 0.2) is 5.96 Å². The summed E-state index contributed by atoms with van der Waals surface area (Å²) in [5.41, 5.74) is 2.14. The van der Waals surface area contributed by atoms with Crippen LogP contribution in [0.1, 0.15) is 12.0 Å². The Balaban J connectivity index is 1.45. The van der Waals surface area contributed by atoms with Crippen molar-refractivity contribution in [2.45, 2.75) is 12.8 Å². The van der Waals surface area contributed by atoms with Crippen LogP contribution in [-0.4, -0.2) is 51.8 Å². The van der Waals surface area contributed by atoms with E-state index >= 15 is 0 Å². The van der Waals surface area contributed by atoms with Gasteiger partial charge in [0.05, 0.1) is 13.0 Å². The van der Waals surface area contributed by atoms with Gasteiger partial charge in [-0.3, -0.25) is 9.79 Å². The fraction of sp³-hybridized carbons (Fsp3) is 0.529. The molecule has 0 aromatic heterocycles. The summed E-state index contributed by atoms with van der Waals surface area (Å²) in [7, 11) is 1.76. The molecule has 1 aromatic carbocycles. The summed E-state index contributed by atoms with van der Waals surface area (Å²) in [6.07, 6.45) is 1.61. The summed E-state index contributed by atoms with van der Waals surface area (Å²) in [6, 6.07) is 7.98. The Morgan fingerprint density at radius 1 is 1.39 bits per heavy atom. The van der Waals surface area contributed by atoms with Crippen LogP contribution in [0.4, 0.5) is 5.69 Å². The van der Waals surface area contributed by atoms with Crippen LogP contribution in [0.2, 0.25) is 0 Å². The van der Waals surface area contributed by atoms with E-state index in [0.717, 1.165) is 43.4 Å². The predicted molar refractivity (Wildman–Crippen MR) is 90.8 cm³/mol. The van der Waals surface area contributed by atoms with Crippen LogP contribution in [0, 0.1) is 5.92 Å². The third-order valence-corrected chi connectivity index (χ3v) is 4.36. The number of nitrogens with zero attached hydrogens (tertiary/aromatic N) is 2. The standard InChI is InChI=1S/C17H24N4O2/c1-18-17(20-11-13-6-9-23-12-13)19-7-8-21-15-5-3-2-4-14(15)10-16(21)22/h2-5,13H,6-12H2,1H3,(H2,18,19,20). The van der Waals surface area contributed by atoms with E-state index in [-0.39, 0.29) is 5.91 Å². The molecular weight excluding hydrogens is 292 g/mol. The Kier molecular flexibility index (Phi) is 5.12. The van der Waals surface area contributed by atoms with Gasteiger partial charge in [-0.1, -0.05) is 18.2 Å². The van der Waals surface area contributed by atoms with Crippen molar-refractivity contribution >= 4 is 17.6 Å². The Morgan fingerprint density at radius 2 is 2.26 bits per heavy atom. The van der Waals surface area contributed by atoms with Crippen molar-refractivity contribution in [1.29, 1.82) is 0 Å². The van der Waals surface area contributed by atoms with Gasteiger partial charge in [-0.25, -0.2) is 0 Å². The molecule has 0 spiro atoms. The van der Waals surface area contributed by atoms with Gasteiger partial charge in [-0.2, -0.15) is 0 Å². The minimum atomic E-state index is 0.166. The number of hydrogen-bond acceptors (Lipinski definition) is 3. The number of fused-ring (bicyclic) bond motifs is 1. The van der Waals surface area contributed by atoms with E-state index in [1.807, 2.05) is 29.2 Å². The summed E-state index contributed by atoms with van der Waals surface area (Å²) in [4.78, 5) is 18.2. The molecule has 124 valence electrons. The van der Waals surface area contributed by atoms with Gasteiger partial charge >= 0.3 is 0 Å². The maximum Gasteiger partial charge on any atom is 0.231 e. The molecule has 2 aliphatic heterocycles. The summed E-state index contributed by atoms with van der Waals surface area (Å²) in [5, 5.41) is 6.60. The van der Waals surface area contributed by atoms with Crippen LogP contribution in [0.5, 0.6) is 0 Å². The maximum absolute atomic E-state index is 12.1. The minimum Gasteiger partial charge on any atom is -0.381 e. The zero-order valence-corrected chi connectivity index (χ0v) is 13.5. The third kappa shape index (κ3) is 3.82. The molecule has 1 aromatic rings. The van der Waals surface area contributed by atoms with Crippen molar-refractivity contribution in [1.82, 2.24) is 10.6 Å². The number of anilines is 1. The smallest absolute Gasteiger partial charge is 0.231 e. The van der Waals surface area contributed by atoms with E-state index in [1.54, 1.807) is 7.05 Å². The zero-order chi connectivity index (χ0) is 16.1. The first-order valence-electron chi connectivity index (χ1n) is 8.18. The number of carbonyl (C=O) groups is 1. The first kappa shape index (κ1) is 15.8. The molecule has 3 rings (SSSR count). The first-order chi connectivity index (χ1) is 11.3. The normalized spacial score (nSPS) is 20.7. The lowest BCUT2D eigenvalue weighted by Crippen LogP contribution is -2.43. The number of benzene rings is 1. The second kappa shape index (κ2) is 7.46. The molecule has 1 saturated heterocycles. The molecule has 0 aliphatic carbocycles. The molecule has 2 N–H and O–H groups in total. The SMILES string of the molecule is CN=C(NCCN1C(=O)Cc2ccccc21)NCC1CCOC1. The second-order valence-electron chi connectivity index (χ2n) is 5.96. The van der Waals surface area contributed by atoms with Crippen LogP contribution in [0.25, 0.3) is 0 Å². The monoisotopic (exact) mass is 316 g/mol. The number of carbonyl (C=O) groups excluding carboxylic acids is 1. The van der Waals surface area contributed by atoms with Crippen LogP contribution >= 0.6 is 0 Å². The fourth-order valence-corrected chi connectivity index (χ4v) is 3.05. The molecule has 2 aliphatic rings. The lowest BCUT2D eigenvalue weighted by atomic mass is 10.1. The number of amides is 1. The highest BCUT2D eigenvalue weighted by Gasteiger charge is 2.26. The van der Waals surface area contributed by atoms with E-state index in [4.69, 9.17) is 4.74 Å². The predicted octanol–water partition coefficient (Wildman–Crippen LogP) is 0.777. The summed E-state index contributed by atoms with van der Waals surface area (Å²) < 4.78 is 5.37.